The summed E-state index contributed by atoms with van der Waals surface area (Å²) in [5, 5.41) is 10.1. The Bertz CT molecular complexity index is 1390. The van der Waals surface area contributed by atoms with Crippen LogP contribution in [-0.2, 0) is 19.4 Å². The van der Waals surface area contributed by atoms with Crippen LogP contribution in [-0.4, -0.2) is 9.55 Å². The summed E-state index contributed by atoms with van der Waals surface area (Å²) in [6.07, 6.45) is 3.09. The predicted molar refractivity (Wildman–Crippen MR) is 126 cm³/mol. The first-order valence-corrected chi connectivity index (χ1v) is 11.5. The van der Waals surface area contributed by atoms with E-state index in [-0.39, 0.29) is 5.56 Å². The zero-order valence-corrected chi connectivity index (χ0v) is 18.5. The van der Waals surface area contributed by atoms with Crippen LogP contribution in [0.3, 0.4) is 0 Å². The van der Waals surface area contributed by atoms with Crippen molar-refractivity contribution in [1.29, 1.82) is 5.26 Å². The van der Waals surface area contributed by atoms with E-state index in [9.17, 15) is 10.1 Å². The highest BCUT2D eigenvalue weighted by Crippen LogP contribution is 2.36. The van der Waals surface area contributed by atoms with Crippen molar-refractivity contribution in [3.8, 4) is 17.5 Å². The number of aryl methyl sites for hydroxylation is 2. The molecular weight excluding hydrogens is 402 g/mol. The maximum absolute atomic E-state index is 13.8. The third-order valence-electron chi connectivity index (χ3n) is 6.12. The number of aromatic nitrogens is 2. The number of benzene rings is 2. The summed E-state index contributed by atoms with van der Waals surface area (Å²) in [6.45, 7) is 4.72. The highest BCUT2D eigenvalue weighted by atomic mass is 32.1. The van der Waals surface area contributed by atoms with Crippen molar-refractivity contribution in [2.24, 2.45) is 5.92 Å². The number of nitrogens with zero attached hydrogens (tertiary/aromatic N) is 3. The van der Waals surface area contributed by atoms with Gasteiger partial charge in [-0.05, 0) is 55.4 Å². The van der Waals surface area contributed by atoms with Gasteiger partial charge in [0.1, 0.15) is 10.7 Å². The van der Waals surface area contributed by atoms with Crippen molar-refractivity contribution in [2.45, 2.75) is 39.7 Å². The molecule has 2 heterocycles. The number of rotatable bonds is 3. The van der Waals surface area contributed by atoms with Gasteiger partial charge in [-0.15, -0.1) is 11.3 Å². The molecule has 0 bridgehead atoms. The van der Waals surface area contributed by atoms with E-state index in [0.717, 1.165) is 40.6 Å². The summed E-state index contributed by atoms with van der Waals surface area (Å²) in [7, 11) is 0. The minimum atomic E-state index is 0.0231. The van der Waals surface area contributed by atoms with Crippen molar-refractivity contribution >= 4 is 21.6 Å². The zero-order valence-electron chi connectivity index (χ0n) is 17.7. The number of nitriles is 1. The smallest absolute Gasteiger partial charge is 0.263 e. The third-order valence-corrected chi connectivity index (χ3v) is 7.27. The molecule has 2 aromatic carbocycles. The molecule has 0 N–H and O–H groups in total. The number of fused-ring (bicyclic) bond motifs is 3. The molecule has 4 nitrogen and oxygen atoms in total. The van der Waals surface area contributed by atoms with E-state index in [2.05, 4.69) is 19.9 Å². The lowest BCUT2D eigenvalue weighted by atomic mass is 9.89. The topological polar surface area (TPSA) is 58.7 Å². The fourth-order valence-corrected chi connectivity index (χ4v) is 5.79. The lowest BCUT2D eigenvalue weighted by Gasteiger charge is -2.18. The molecule has 1 aliphatic rings. The molecule has 0 saturated heterocycles. The zero-order chi connectivity index (χ0) is 21.5. The molecule has 2 aromatic heterocycles. The Kier molecular flexibility index (Phi) is 4.95. The van der Waals surface area contributed by atoms with E-state index in [1.807, 2.05) is 42.5 Å². The second kappa shape index (κ2) is 7.79. The van der Waals surface area contributed by atoms with Crippen LogP contribution < -0.4 is 5.56 Å². The van der Waals surface area contributed by atoms with Crippen LogP contribution in [0.4, 0.5) is 0 Å². The molecule has 0 aliphatic heterocycles. The van der Waals surface area contributed by atoms with Gasteiger partial charge in [0.05, 0.1) is 23.6 Å². The van der Waals surface area contributed by atoms with Gasteiger partial charge in [0.2, 0.25) is 0 Å². The highest BCUT2D eigenvalue weighted by molar-refractivity contribution is 7.18. The number of hydrogen-bond acceptors (Lipinski definition) is 4. The Morgan fingerprint density at radius 1 is 1.23 bits per heavy atom. The Morgan fingerprint density at radius 3 is 2.81 bits per heavy atom. The molecule has 5 heteroatoms. The quantitative estimate of drug-likeness (QED) is 0.437. The van der Waals surface area contributed by atoms with Gasteiger partial charge >= 0.3 is 0 Å². The standard InChI is InChI=1S/C26H23N3OS/c1-16-6-9-20(10-7-16)24-28-25-23(21-11-8-17(2)12-22(21)31-25)26(30)29(24)15-19-5-3-4-18(13-19)14-27/h3-7,9-10,13,17H,8,11-12,15H2,1-2H3. The van der Waals surface area contributed by atoms with Crippen molar-refractivity contribution in [3.63, 3.8) is 0 Å². The Hall–Kier alpha value is -3.23. The predicted octanol–water partition coefficient (Wildman–Crippen LogP) is 5.48. The van der Waals surface area contributed by atoms with Gasteiger partial charge in [-0.2, -0.15) is 5.26 Å². The summed E-state index contributed by atoms with van der Waals surface area (Å²) in [6, 6.07) is 17.8. The molecule has 0 spiro atoms. The van der Waals surface area contributed by atoms with E-state index in [1.54, 1.807) is 22.0 Å². The summed E-state index contributed by atoms with van der Waals surface area (Å²) in [5.74, 6) is 1.33. The van der Waals surface area contributed by atoms with Gasteiger partial charge in [0, 0.05) is 10.4 Å². The molecule has 31 heavy (non-hydrogen) atoms. The molecule has 154 valence electrons. The lowest BCUT2D eigenvalue weighted by molar-refractivity contribution is 0.509. The minimum Gasteiger partial charge on any atom is -0.288 e. The maximum atomic E-state index is 13.8. The Labute approximate surface area is 185 Å². The van der Waals surface area contributed by atoms with Crippen LogP contribution >= 0.6 is 11.3 Å². The largest absolute Gasteiger partial charge is 0.288 e. The molecule has 0 amide bonds. The van der Waals surface area contributed by atoms with Crippen LogP contribution in [0.15, 0.2) is 53.3 Å². The molecule has 1 atom stereocenters. The normalized spacial score (nSPS) is 15.6. The molecule has 0 fully saturated rings. The highest BCUT2D eigenvalue weighted by Gasteiger charge is 2.25. The fourth-order valence-electron chi connectivity index (χ4n) is 4.41. The van der Waals surface area contributed by atoms with E-state index in [0.29, 0.717) is 23.9 Å². The molecule has 1 aliphatic carbocycles. The number of thiophene rings is 1. The Balaban J connectivity index is 1.74. The first-order valence-electron chi connectivity index (χ1n) is 10.6. The second-order valence-corrected chi connectivity index (χ2v) is 9.62. The average molecular weight is 426 g/mol. The van der Waals surface area contributed by atoms with Crippen molar-refractivity contribution in [2.75, 3.05) is 0 Å². The SMILES string of the molecule is Cc1ccc(-c2nc3sc4c(c3c(=O)n2Cc2cccc(C#N)c2)CCC(C)C4)cc1. The van der Waals surface area contributed by atoms with Gasteiger partial charge in [-0.3, -0.25) is 9.36 Å². The van der Waals surface area contributed by atoms with E-state index in [4.69, 9.17) is 4.98 Å². The third kappa shape index (κ3) is 3.58. The van der Waals surface area contributed by atoms with Crippen LogP contribution in [0.5, 0.6) is 0 Å². The second-order valence-electron chi connectivity index (χ2n) is 8.54. The molecule has 0 saturated carbocycles. The fraction of sp³-hybridized carbons (Fsp3) is 0.269. The maximum Gasteiger partial charge on any atom is 0.263 e. The average Bonchev–Trinajstić information content (AvgIpc) is 3.14. The number of hydrogen-bond donors (Lipinski definition) is 0. The first kappa shape index (κ1) is 19.7. The molecule has 4 aromatic rings. The van der Waals surface area contributed by atoms with Crippen LogP contribution in [0, 0.1) is 24.2 Å². The Morgan fingerprint density at radius 2 is 2.03 bits per heavy atom. The summed E-state index contributed by atoms with van der Waals surface area (Å²) in [4.78, 5) is 21.0. The van der Waals surface area contributed by atoms with E-state index >= 15 is 0 Å². The van der Waals surface area contributed by atoms with Crippen LogP contribution in [0.2, 0.25) is 0 Å². The van der Waals surface area contributed by atoms with Gasteiger partial charge in [-0.1, -0.05) is 48.9 Å². The van der Waals surface area contributed by atoms with Crippen molar-refractivity contribution < 1.29 is 0 Å². The monoisotopic (exact) mass is 425 g/mol. The van der Waals surface area contributed by atoms with Crippen LogP contribution in [0.1, 0.15) is 40.5 Å². The van der Waals surface area contributed by atoms with Crippen LogP contribution in [0.25, 0.3) is 21.6 Å². The molecule has 0 radical (unpaired) electrons. The van der Waals surface area contributed by atoms with Gasteiger partial charge in [0.25, 0.3) is 5.56 Å². The molecule has 1 unspecified atom stereocenters. The first-order chi connectivity index (χ1) is 15.0. The van der Waals surface area contributed by atoms with Crippen molar-refractivity contribution in [1.82, 2.24) is 9.55 Å². The van der Waals surface area contributed by atoms with Gasteiger partial charge in [0.15, 0.2) is 0 Å². The van der Waals surface area contributed by atoms with Gasteiger partial charge in [-0.25, -0.2) is 4.98 Å². The van der Waals surface area contributed by atoms with Crippen molar-refractivity contribution in [3.05, 3.63) is 86.0 Å². The van der Waals surface area contributed by atoms with E-state index in [1.165, 1.54) is 16.0 Å². The van der Waals surface area contributed by atoms with Gasteiger partial charge < -0.3 is 0 Å². The molecule has 5 rings (SSSR count). The van der Waals surface area contributed by atoms with E-state index < -0.39 is 0 Å². The summed E-state index contributed by atoms with van der Waals surface area (Å²) < 4.78 is 1.79. The summed E-state index contributed by atoms with van der Waals surface area (Å²) >= 11 is 1.68. The lowest BCUT2D eigenvalue weighted by Crippen LogP contribution is -2.24. The molecular formula is C26H23N3OS. The minimum absolute atomic E-state index is 0.0231. The summed E-state index contributed by atoms with van der Waals surface area (Å²) in [5.41, 5.74) is 4.84.